The predicted octanol–water partition coefficient (Wildman–Crippen LogP) is 2.03. The molecule has 0 saturated heterocycles. The Kier molecular flexibility index (Phi) is 12.1. The third-order valence-corrected chi connectivity index (χ3v) is 7.42. The Morgan fingerprint density at radius 3 is 2.24 bits per heavy atom. The van der Waals surface area contributed by atoms with Crippen molar-refractivity contribution in [2.45, 2.75) is 71.1 Å². The van der Waals surface area contributed by atoms with E-state index in [1.807, 2.05) is 51.3 Å². The lowest BCUT2D eigenvalue weighted by Crippen LogP contribution is -2.58. The lowest BCUT2D eigenvalue weighted by atomic mass is 9.98. The Morgan fingerprint density at radius 2 is 1.63 bits per heavy atom. The number of para-hydroxylation sites is 1. The van der Waals surface area contributed by atoms with E-state index in [4.69, 9.17) is 5.73 Å². The molecule has 0 radical (unpaired) electrons. The van der Waals surface area contributed by atoms with Gasteiger partial charge in [0.2, 0.25) is 17.7 Å². The van der Waals surface area contributed by atoms with E-state index >= 15 is 0 Å². The summed E-state index contributed by atoms with van der Waals surface area (Å²) in [5.41, 5.74) is 7.66. The van der Waals surface area contributed by atoms with Crippen molar-refractivity contribution in [3.05, 3.63) is 36.0 Å². The number of nitrogens with two attached hydrogens (primary N) is 1. The molecule has 0 aliphatic heterocycles. The number of benzene rings is 1. The van der Waals surface area contributed by atoms with Gasteiger partial charge in [0, 0.05) is 23.5 Å². The highest BCUT2D eigenvalue weighted by molar-refractivity contribution is 7.98. The van der Waals surface area contributed by atoms with Crippen LogP contribution in [0.4, 0.5) is 0 Å². The number of H-pyrrole nitrogens is 1. The summed E-state index contributed by atoms with van der Waals surface area (Å²) in [6.45, 7) is 7.23. The summed E-state index contributed by atoms with van der Waals surface area (Å²) in [5, 5.41) is 18.7. The molecule has 7 N–H and O–H groups in total. The molecule has 0 fully saturated rings. The van der Waals surface area contributed by atoms with Gasteiger partial charge in [0.1, 0.15) is 18.1 Å². The quantitative estimate of drug-likeness (QED) is 0.198. The van der Waals surface area contributed by atoms with Gasteiger partial charge in [-0.05, 0) is 41.9 Å². The van der Waals surface area contributed by atoms with Crippen molar-refractivity contribution in [1.82, 2.24) is 20.9 Å². The molecule has 2 rings (SSSR count). The minimum atomic E-state index is -1.14. The second-order valence-electron chi connectivity index (χ2n) is 9.95. The van der Waals surface area contributed by atoms with Gasteiger partial charge in [0.25, 0.3) is 0 Å². The topological polar surface area (TPSA) is 166 Å². The van der Waals surface area contributed by atoms with Gasteiger partial charge in [-0.15, -0.1) is 0 Å². The number of amides is 3. The Hall–Kier alpha value is -3.05. The number of carboxylic acids is 1. The molecule has 0 spiro atoms. The van der Waals surface area contributed by atoms with Gasteiger partial charge in [-0.25, -0.2) is 4.79 Å². The summed E-state index contributed by atoms with van der Waals surface area (Å²) in [6, 6.07) is 3.72. The molecule has 1 aromatic carbocycles. The smallest absolute Gasteiger partial charge is 0.326 e. The second-order valence-corrected chi connectivity index (χ2v) is 10.9. The molecule has 10 nitrogen and oxygen atoms in total. The number of aliphatic carboxylic acids is 1. The number of hydrogen-bond donors (Lipinski definition) is 6. The van der Waals surface area contributed by atoms with E-state index in [0.717, 1.165) is 16.5 Å². The first-order valence-electron chi connectivity index (χ1n) is 12.9. The van der Waals surface area contributed by atoms with Crippen LogP contribution in [0.3, 0.4) is 0 Å². The lowest BCUT2D eigenvalue weighted by molar-refractivity contribution is -0.143. The molecule has 2 aromatic rings. The Labute approximate surface area is 228 Å². The van der Waals surface area contributed by atoms with Crippen LogP contribution in [0.15, 0.2) is 30.5 Å². The summed E-state index contributed by atoms with van der Waals surface area (Å²) in [6.07, 6.45) is 4.69. The van der Waals surface area contributed by atoms with Gasteiger partial charge in [-0.3, -0.25) is 14.4 Å². The first-order valence-corrected chi connectivity index (χ1v) is 14.3. The van der Waals surface area contributed by atoms with Gasteiger partial charge >= 0.3 is 5.97 Å². The molecule has 38 heavy (non-hydrogen) atoms. The number of aromatic nitrogens is 1. The summed E-state index contributed by atoms with van der Waals surface area (Å²) < 4.78 is 0. The lowest BCUT2D eigenvalue weighted by Gasteiger charge is -2.27. The largest absolute Gasteiger partial charge is 0.480 e. The fourth-order valence-electron chi connectivity index (χ4n) is 4.01. The molecule has 0 bridgehead atoms. The van der Waals surface area contributed by atoms with E-state index < -0.39 is 47.9 Å². The highest BCUT2D eigenvalue weighted by atomic mass is 32.2. The minimum Gasteiger partial charge on any atom is -0.480 e. The first kappa shape index (κ1) is 31.2. The number of nitrogens with one attached hydrogen (secondary N) is 4. The van der Waals surface area contributed by atoms with Crippen LogP contribution in [0.2, 0.25) is 0 Å². The molecule has 3 amide bonds. The van der Waals surface area contributed by atoms with Crippen molar-refractivity contribution in [1.29, 1.82) is 0 Å². The van der Waals surface area contributed by atoms with Crippen LogP contribution in [0.1, 0.15) is 46.1 Å². The van der Waals surface area contributed by atoms with E-state index in [2.05, 4.69) is 20.9 Å². The number of hydrogen-bond acceptors (Lipinski definition) is 6. The van der Waals surface area contributed by atoms with Crippen LogP contribution >= 0.6 is 11.8 Å². The highest BCUT2D eigenvalue weighted by Gasteiger charge is 2.32. The minimum absolute atomic E-state index is 0.117. The molecule has 1 aromatic heterocycles. The van der Waals surface area contributed by atoms with Crippen LogP contribution in [-0.2, 0) is 25.6 Å². The number of carbonyl (C=O) groups excluding carboxylic acids is 3. The number of fused-ring (bicyclic) bond motifs is 1. The third kappa shape index (κ3) is 8.49. The zero-order valence-electron chi connectivity index (χ0n) is 22.7. The Bertz CT molecular complexity index is 1100. The molecule has 0 aliphatic carbocycles. The van der Waals surface area contributed by atoms with E-state index in [1.54, 1.807) is 13.1 Å². The first-order chi connectivity index (χ1) is 18.0. The third-order valence-electron chi connectivity index (χ3n) is 6.77. The summed E-state index contributed by atoms with van der Waals surface area (Å²) in [4.78, 5) is 54.5. The van der Waals surface area contributed by atoms with E-state index in [-0.39, 0.29) is 18.3 Å². The van der Waals surface area contributed by atoms with Crippen molar-refractivity contribution in [2.75, 3.05) is 12.0 Å². The molecule has 210 valence electrons. The average molecular weight is 548 g/mol. The van der Waals surface area contributed by atoms with Crippen molar-refractivity contribution in [2.24, 2.45) is 17.6 Å². The SMILES string of the molecule is CCC(C)C(NC(=O)C(Cc1c[nH]c2ccccc12)NC(=O)C(CCSC)NC(=O)C(N)C(C)C)C(=O)O. The number of carboxylic acid groups (broad SMARTS) is 1. The summed E-state index contributed by atoms with van der Waals surface area (Å²) >= 11 is 1.53. The molecule has 1 heterocycles. The number of aromatic amines is 1. The molecule has 0 saturated carbocycles. The average Bonchev–Trinajstić information content (AvgIpc) is 3.30. The molecule has 5 atom stereocenters. The second kappa shape index (κ2) is 14.8. The maximum Gasteiger partial charge on any atom is 0.326 e. The van der Waals surface area contributed by atoms with Crippen molar-refractivity contribution in [3.8, 4) is 0 Å². The standard InChI is InChI=1S/C27H41N5O5S/c1-6-16(4)23(27(36)37)32-25(34)21(13-17-14-29-19-10-8-7-9-18(17)19)31-24(33)20(11-12-38-5)30-26(35)22(28)15(2)3/h7-10,14-16,20-23,29H,6,11-13,28H2,1-5H3,(H,30,35)(H,31,33)(H,32,34)(H,36,37). The van der Waals surface area contributed by atoms with E-state index in [1.165, 1.54) is 11.8 Å². The van der Waals surface area contributed by atoms with E-state index in [0.29, 0.717) is 18.6 Å². The van der Waals surface area contributed by atoms with Crippen LogP contribution < -0.4 is 21.7 Å². The molecular weight excluding hydrogens is 506 g/mol. The molecule has 0 aliphatic rings. The van der Waals surface area contributed by atoms with E-state index in [9.17, 15) is 24.3 Å². The van der Waals surface area contributed by atoms with Gasteiger partial charge in [0.05, 0.1) is 6.04 Å². The van der Waals surface area contributed by atoms with Gasteiger partial charge < -0.3 is 31.8 Å². The Morgan fingerprint density at radius 1 is 1.00 bits per heavy atom. The fourth-order valence-corrected chi connectivity index (χ4v) is 4.49. The summed E-state index contributed by atoms with van der Waals surface area (Å²) in [5.74, 6) is -2.55. The number of rotatable bonds is 15. The van der Waals surface area contributed by atoms with Crippen molar-refractivity contribution in [3.63, 3.8) is 0 Å². The maximum atomic E-state index is 13.4. The van der Waals surface area contributed by atoms with Crippen LogP contribution in [0.25, 0.3) is 10.9 Å². The zero-order chi connectivity index (χ0) is 28.4. The maximum absolute atomic E-state index is 13.4. The normalized spacial score (nSPS) is 15.3. The van der Waals surface area contributed by atoms with Crippen LogP contribution in [-0.4, -0.2) is 70.0 Å². The zero-order valence-corrected chi connectivity index (χ0v) is 23.6. The van der Waals surface area contributed by atoms with Gasteiger partial charge in [-0.2, -0.15) is 11.8 Å². The number of thioether (sulfide) groups is 1. The van der Waals surface area contributed by atoms with Crippen molar-refractivity contribution >= 4 is 46.4 Å². The number of carbonyl (C=O) groups is 4. The summed E-state index contributed by atoms with van der Waals surface area (Å²) in [7, 11) is 0. The predicted molar refractivity (Wildman–Crippen MR) is 151 cm³/mol. The van der Waals surface area contributed by atoms with Crippen LogP contribution in [0.5, 0.6) is 0 Å². The Balaban J connectivity index is 2.34. The molecular formula is C27H41N5O5S. The fraction of sp³-hybridized carbons (Fsp3) is 0.556. The monoisotopic (exact) mass is 547 g/mol. The molecule has 11 heteroatoms. The van der Waals surface area contributed by atoms with Gasteiger partial charge in [0.15, 0.2) is 0 Å². The molecule has 5 unspecified atom stereocenters. The van der Waals surface area contributed by atoms with Gasteiger partial charge in [-0.1, -0.05) is 52.3 Å². The van der Waals surface area contributed by atoms with Crippen LogP contribution in [0, 0.1) is 11.8 Å². The van der Waals surface area contributed by atoms with Crippen molar-refractivity contribution < 1.29 is 24.3 Å². The highest BCUT2D eigenvalue weighted by Crippen LogP contribution is 2.20.